The molecule has 0 aromatic heterocycles. The third kappa shape index (κ3) is 5.74. The fraction of sp³-hybridized carbons (Fsp3) is 0.423. The van der Waals surface area contributed by atoms with Gasteiger partial charge in [0.2, 0.25) is 17.7 Å². The number of anilines is 3. The van der Waals surface area contributed by atoms with Gasteiger partial charge in [0.15, 0.2) is 0 Å². The van der Waals surface area contributed by atoms with Gasteiger partial charge in [0, 0.05) is 44.5 Å². The second-order valence-corrected chi connectivity index (χ2v) is 8.97. The van der Waals surface area contributed by atoms with E-state index in [1.54, 1.807) is 19.1 Å². The Balaban J connectivity index is 1.32. The van der Waals surface area contributed by atoms with Crippen LogP contribution < -0.4 is 19.9 Å². The van der Waals surface area contributed by atoms with E-state index in [0.29, 0.717) is 30.3 Å². The number of rotatable bonds is 7. The zero-order valence-electron chi connectivity index (χ0n) is 20.5. The molecule has 0 bridgehead atoms. The SMILES string of the molecule is COc1ccc(C)cc1N1CC(C(=O)N(C)CC(=O)Nc2ccc(N3CCOCC3)cc2)CC1=O. The van der Waals surface area contributed by atoms with Crippen molar-refractivity contribution in [3.8, 4) is 5.75 Å². The minimum Gasteiger partial charge on any atom is -0.495 e. The molecule has 0 saturated carbocycles. The number of methoxy groups -OCH3 is 1. The predicted octanol–water partition coefficient (Wildman–Crippen LogP) is 2.29. The van der Waals surface area contributed by atoms with E-state index in [1.165, 1.54) is 4.90 Å². The summed E-state index contributed by atoms with van der Waals surface area (Å²) in [4.78, 5) is 43.5. The summed E-state index contributed by atoms with van der Waals surface area (Å²) in [7, 11) is 3.14. The van der Waals surface area contributed by atoms with Crippen LogP contribution in [0, 0.1) is 12.8 Å². The second kappa shape index (κ2) is 10.8. The van der Waals surface area contributed by atoms with E-state index in [9.17, 15) is 14.4 Å². The first-order chi connectivity index (χ1) is 16.9. The first kappa shape index (κ1) is 24.5. The summed E-state index contributed by atoms with van der Waals surface area (Å²) >= 11 is 0. The lowest BCUT2D eigenvalue weighted by molar-refractivity contribution is -0.137. The zero-order chi connectivity index (χ0) is 24.9. The van der Waals surface area contributed by atoms with E-state index in [2.05, 4.69) is 10.2 Å². The van der Waals surface area contributed by atoms with Crippen molar-refractivity contribution in [2.45, 2.75) is 13.3 Å². The van der Waals surface area contributed by atoms with E-state index in [1.807, 2.05) is 49.4 Å². The lowest BCUT2D eigenvalue weighted by atomic mass is 10.1. The number of likely N-dealkylation sites (N-methyl/N-ethyl adjacent to an activating group) is 1. The summed E-state index contributed by atoms with van der Waals surface area (Å²) in [6, 6.07) is 13.2. The summed E-state index contributed by atoms with van der Waals surface area (Å²) in [5.41, 5.74) is 3.41. The molecule has 2 heterocycles. The van der Waals surface area contributed by atoms with Crippen molar-refractivity contribution in [1.29, 1.82) is 0 Å². The first-order valence-corrected chi connectivity index (χ1v) is 11.8. The van der Waals surface area contributed by atoms with Crippen LogP contribution in [0.4, 0.5) is 17.1 Å². The van der Waals surface area contributed by atoms with Crippen LogP contribution in [-0.4, -0.2) is 76.2 Å². The van der Waals surface area contributed by atoms with Crippen molar-refractivity contribution < 1.29 is 23.9 Å². The number of carbonyl (C=O) groups is 3. The summed E-state index contributed by atoms with van der Waals surface area (Å²) in [5.74, 6) is -0.583. The lowest BCUT2D eigenvalue weighted by Gasteiger charge is -2.29. The maximum Gasteiger partial charge on any atom is 0.243 e. The van der Waals surface area contributed by atoms with Gasteiger partial charge < -0.3 is 29.5 Å². The van der Waals surface area contributed by atoms with Crippen LogP contribution >= 0.6 is 0 Å². The highest BCUT2D eigenvalue weighted by atomic mass is 16.5. The zero-order valence-corrected chi connectivity index (χ0v) is 20.5. The van der Waals surface area contributed by atoms with Gasteiger partial charge in [0.1, 0.15) is 5.75 Å². The van der Waals surface area contributed by atoms with Gasteiger partial charge >= 0.3 is 0 Å². The van der Waals surface area contributed by atoms with Crippen LogP contribution in [0.2, 0.25) is 0 Å². The molecule has 2 aromatic rings. The van der Waals surface area contributed by atoms with E-state index >= 15 is 0 Å². The second-order valence-electron chi connectivity index (χ2n) is 8.97. The van der Waals surface area contributed by atoms with Gasteiger partial charge in [0.05, 0.1) is 38.5 Å². The van der Waals surface area contributed by atoms with Crippen LogP contribution in [0.25, 0.3) is 0 Å². The number of nitrogens with zero attached hydrogens (tertiary/aromatic N) is 3. The molecule has 0 aliphatic carbocycles. The quantitative estimate of drug-likeness (QED) is 0.654. The first-order valence-electron chi connectivity index (χ1n) is 11.8. The average molecular weight is 481 g/mol. The van der Waals surface area contributed by atoms with Crippen LogP contribution in [0.5, 0.6) is 5.75 Å². The molecular weight excluding hydrogens is 448 g/mol. The molecule has 2 fully saturated rings. The molecule has 1 N–H and O–H groups in total. The van der Waals surface area contributed by atoms with E-state index in [4.69, 9.17) is 9.47 Å². The van der Waals surface area contributed by atoms with Gasteiger partial charge in [-0.2, -0.15) is 0 Å². The topological polar surface area (TPSA) is 91.4 Å². The Bertz CT molecular complexity index is 1080. The minimum atomic E-state index is -0.515. The number of amides is 3. The smallest absolute Gasteiger partial charge is 0.243 e. The molecule has 35 heavy (non-hydrogen) atoms. The van der Waals surface area contributed by atoms with Crippen molar-refractivity contribution in [3.05, 3.63) is 48.0 Å². The van der Waals surface area contributed by atoms with Crippen LogP contribution in [0.1, 0.15) is 12.0 Å². The van der Waals surface area contributed by atoms with E-state index < -0.39 is 5.92 Å². The fourth-order valence-corrected chi connectivity index (χ4v) is 4.50. The van der Waals surface area contributed by atoms with Crippen LogP contribution in [0.3, 0.4) is 0 Å². The maximum atomic E-state index is 13.0. The standard InChI is InChI=1S/C26H32N4O5/c1-18-4-9-23(34-3)22(14-18)30-16-19(15-25(30)32)26(33)28(2)17-24(31)27-20-5-7-21(8-6-20)29-10-12-35-13-11-29/h4-9,14,19H,10-13,15-17H2,1-3H3,(H,27,31). The Kier molecular flexibility index (Phi) is 7.55. The summed E-state index contributed by atoms with van der Waals surface area (Å²) in [6.07, 6.45) is 0.102. The molecule has 9 nitrogen and oxygen atoms in total. The average Bonchev–Trinajstić information content (AvgIpc) is 3.25. The molecule has 9 heteroatoms. The number of nitrogens with one attached hydrogen (secondary N) is 1. The Hall–Kier alpha value is -3.59. The molecule has 2 aliphatic heterocycles. The minimum absolute atomic E-state index is 0.0947. The highest BCUT2D eigenvalue weighted by Crippen LogP contribution is 2.34. The van der Waals surface area contributed by atoms with Crippen molar-refractivity contribution in [2.75, 3.05) is 68.7 Å². The molecule has 2 saturated heterocycles. The number of hydrogen-bond acceptors (Lipinski definition) is 6. The van der Waals surface area contributed by atoms with Crippen molar-refractivity contribution in [2.24, 2.45) is 5.92 Å². The third-order valence-electron chi connectivity index (χ3n) is 6.38. The van der Waals surface area contributed by atoms with E-state index in [0.717, 1.165) is 24.3 Å². The molecule has 0 spiro atoms. The number of hydrogen-bond donors (Lipinski definition) is 1. The summed E-state index contributed by atoms with van der Waals surface area (Å²) < 4.78 is 10.8. The molecular formula is C26H32N4O5. The highest BCUT2D eigenvalue weighted by Gasteiger charge is 2.37. The van der Waals surface area contributed by atoms with Crippen molar-refractivity contribution in [3.63, 3.8) is 0 Å². The van der Waals surface area contributed by atoms with Gasteiger partial charge in [-0.3, -0.25) is 14.4 Å². The van der Waals surface area contributed by atoms with Gasteiger partial charge in [-0.1, -0.05) is 6.07 Å². The third-order valence-corrected chi connectivity index (χ3v) is 6.38. The van der Waals surface area contributed by atoms with Gasteiger partial charge in [0.25, 0.3) is 0 Å². The van der Waals surface area contributed by atoms with Crippen molar-refractivity contribution in [1.82, 2.24) is 4.90 Å². The monoisotopic (exact) mass is 480 g/mol. The summed E-state index contributed by atoms with van der Waals surface area (Å²) in [6.45, 7) is 5.21. The molecule has 2 aromatic carbocycles. The molecule has 1 atom stereocenters. The molecule has 3 amide bonds. The number of ether oxygens (including phenoxy) is 2. The predicted molar refractivity (Wildman–Crippen MR) is 134 cm³/mol. The Morgan fingerprint density at radius 1 is 1.14 bits per heavy atom. The largest absolute Gasteiger partial charge is 0.495 e. The molecule has 4 rings (SSSR count). The highest BCUT2D eigenvalue weighted by molar-refractivity contribution is 6.02. The normalized spacial score (nSPS) is 17.9. The summed E-state index contributed by atoms with van der Waals surface area (Å²) in [5, 5.41) is 2.84. The Morgan fingerprint density at radius 3 is 2.54 bits per heavy atom. The maximum absolute atomic E-state index is 13.0. The molecule has 0 radical (unpaired) electrons. The number of benzene rings is 2. The van der Waals surface area contributed by atoms with E-state index in [-0.39, 0.29) is 37.2 Å². The lowest BCUT2D eigenvalue weighted by Crippen LogP contribution is -2.39. The number of aryl methyl sites for hydroxylation is 1. The Morgan fingerprint density at radius 2 is 1.86 bits per heavy atom. The number of morpholine rings is 1. The molecule has 1 unspecified atom stereocenters. The van der Waals surface area contributed by atoms with Gasteiger partial charge in [-0.05, 0) is 48.9 Å². The van der Waals surface area contributed by atoms with Crippen molar-refractivity contribution >= 4 is 34.8 Å². The van der Waals surface area contributed by atoms with Crippen LogP contribution in [0.15, 0.2) is 42.5 Å². The Labute approximate surface area is 205 Å². The van der Waals surface area contributed by atoms with Gasteiger partial charge in [-0.25, -0.2) is 0 Å². The van der Waals surface area contributed by atoms with Gasteiger partial charge in [-0.15, -0.1) is 0 Å². The van der Waals surface area contributed by atoms with Crippen LogP contribution in [-0.2, 0) is 19.1 Å². The molecule has 186 valence electrons. The fourth-order valence-electron chi connectivity index (χ4n) is 4.50. The molecule has 2 aliphatic rings. The number of carbonyl (C=O) groups excluding carboxylic acids is 3.